The van der Waals surface area contributed by atoms with Crippen LogP contribution < -0.4 is 4.90 Å². The Morgan fingerprint density at radius 1 is 0.282 bits per heavy atom. The molecule has 1 aliphatic rings. The van der Waals surface area contributed by atoms with E-state index in [1.54, 1.807) is 0 Å². The lowest BCUT2D eigenvalue weighted by Gasteiger charge is -2.27. The van der Waals surface area contributed by atoms with Crippen molar-refractivity contribution < 1.29 is 0 Å². The van der Waals surface area contributed by atoms with Crippen LogP contribution in [0.15, 0.2) is 267 Å². The summed E-state index contributed by atoms with van der Waals surface area (Å²) < 4.78 is 2.44. The van der Waals surface area contributed by atoms with E-state index < -0.39 is 0 Å². The van der Waals surface area contributed by atoms with Crippen molar-refractivity contribution in [1.82, 2.24) is 4.57 Å². The summed E-state index contributed by atoms with van der Waals surface area (Å²) >= 11 is 0. The number of nitrogens with zero attached hydrogens (tertiary/aromatic N) is 2. The zero-order valence-corrected chi connectivity index (χ0v) is 39.8. The van der Waals surface area contributed by atoms with Crippen molar-refractivity contribution in [2.24, 2.45) is 0 Å². The van der Waals surface area contributed by atoms with Crippen molar-refractivity contribution in [3.05, 3.63) is 278 Å². The summed E-state index contributed by atoms with van der Waals surface area (Å²) in [7, 11) is 0. The lowest BCUT2D eigenvalue weighted by Crippen LogP contribution is -2.15. The summed E-state index contributed by atoms with van der Waals surface area (Å²) in [5, 5.41) is 2.47. The van der Waals surface area contributed by atoms with Crippen LogP contribution in [0.2, 0.25) is 0 Å². The lowest BCUT2D eigenvalue weighted by molar-refractivity contribution is 0.660. The van der Waals surface area contributed by atoms with Gasteiger partial charge >= 0.3 is 0 Å². The molecule has 1 aromatic heterocycles. The zero-order valence-electron chi connectivity index (χ0n) is 39.8. The standard InChI is InChI=1S/C69H50N2/c1-69(2)65-27-14-12-25-61(65)63-46-59(38-39-66(63)69)70(57-34-29-50(30-35-57)47-17-6-3-7-18-47)58-36-31-51(32-37-58)52-23-16-24-53(41-52)54-33-40-68-64(45-54)62-26-13-15-28-67(62)71(68)60-43-55(48-19-8-4-9-20-48)42-56(44-60)49-21-10-5-11-22-49/h3-46H,1-2H3. The van der Waals surface area contributed by atoms with Crippen molar-refractivity contribution >= 4 is 38.9 Å². The molecule has 2 nitrogen and oxygen atoms in total. The summed E-state index contributed by atoms with van der Waals surface area (Å²) in [6.45, 7) is 4.69. The average Bonchev–Trinajstić information content (AvgIpc) is 3.89. The van der Waals surface area contributed by atoms with E-state index in [0.29, 0.717) is 0 Å². The second kappa shape index (κ2) is 17.2. The number of aromatic nitrogens is 1. The molecular weight excluding hydrogens is 857 g/mol. The molecule has 0 aliphatic heterocycles. The molecule has 13 rings (SSSR count). The van der Waals surface area contributed by atoms with E-state index in [0.717, 1.165) is 22.7 Å². The molecule has 336 valence electrons. The molecule has 2 heteroatoms. The van der Waals surface area contributed by atoms with Crippen molar-refractivity contribution in [1.29, 1.82) is 0 Å². The second-order valence-electron chi connectivity index (χ2n) is 19.4. The molecule has 0 bridgehead atoms. The summed E-state index contributed by atoms with van der Waals surface area (Å²) in [5.41, 5.74) is 24.1. The highest BCUT2D eigenvalue weighted by atomic mass is 15.1. The number of anilines is 3. The topological polar surface area (TPSA) is 8.17 Å². The quantitative estimate of drug-likeness (QED) is 0.140. The van der Waals surface area contributed by atoms with Crippen LogP contribution in [-0.4, -0.2) is 4.57 Å². The highest BCUT2D eigenvalue weighted by Crippen LogP contribution is 2.51. The predicted molar refractivity (Wildman–Crippen MR) is 300 cm³/mol. The highest BCUT2D eigenvalue weighted by Gasteiger charge is 2.35. The van der Waals surface area contributed by atoms with Gasteiger partial charge in [-0.25, -0.2) is 0 Å². The van der Waals surface area contributed by atoms with Gasteiger partial charge in [0, 0.05) is 38.9 Å². The molecule has 1 heterocycles. The molecule has 0 saturated carbocycles. The molecule has 0 N–H and O–H groups in total. The highest BCUT2D eigenvalue weighted by molar-refractivity contribution is 6.10. The van der Waals surface area contributed by atoms with Gasteiger partial charge in [0.05, 0.1) is 11.0 Å². The third-order valence-electron chi connectivity index (χ3n) is 14.8. The van der Waals surface area contributed by atoms with E-state index >= 15 is 0 Å². The molecule has 0 fully saturated rings. The van der Waals surface area contributed by atoms with Crippen LogP contribution in [0, 0.1) is 0 Å². The van der Waals surface area contributed by atoms with Gasteiger partial charge in [-0.15, -0.1) is 0 Å². The first-order chi connectivity index (χ1) is 34.9. The minimum absolute atomic E-state index is 0.0595. The SMILES string of the molecule is CC1(C)c2ccccc2-c2cc(N(c3ccc(-c4ccccc4)cc3)c3ccc(-c4cccc(-c5ccc6c(c5)c5ccccc5n6-c5cc(-c6ccccc6)cc(-c6ccccc6)c5)c4)cc3)ccc21. The minimum atomic E-state index is -0.0595. The smallest absolute Gasteiger partial charge is 0.0541 e. The van der Waals surface area contributed by atoms with Crippen LogP contribution in [-0.2, 0) is 5.41 Å². The number of rotatable bonds is 9. The molecule has 1 aliphatic carbocycles. The van der Waals surface area contributed by atoms with E-state index in [1.807, 2.05) is 0 Å². The number of para-hydroxylation sites is 1. The number of hydrogen-bond donors (Lipinski definition) is 0. The van der Waals surface area contributed by atoms with Crippen LogP contribution >= 0.6 is 0 Å². The first-order valence-corrected chi connectivity index (χ1v) is 24.7. The molecule has 12 aromatic rings. The molecule has 0 atom stereocenters. The van der Waals surface area contributed by atoms with E-state index in [2.05, 4.69) is 290 Å². The fourth-order valence-electron chi connectivity index (χ4n) is 11.2. The lowest BCUT2D eigenvalue weighted by atomic mass is 9.82. The van der Waals surface area contributed by atoms with Gasteiger partial charge < -0.3 is 9.47 Å². The molecule has 71 heavy (non-hydrogen) atoms. The van der Waals surface area contributed by atoms with Crippen LogP contribution in [0.4, 0.5) is 17.1 Å². The van der Waals surface area contributed by atoms with E-state index in [4.69, 9.17) is 0 Å². The van der Waals surface area contributed by atoms with Crippen LogP contribution in [0.1, 0.15) is 25.0 Å². The first-order valence-electron chi connectivity index (χ1n) is 24.7. The molecule has 0 spiro atoms. The summed E-state index contributed by atoms with van der Waals surface area (Å²) in [6.07, 6.45) is 0. The molecule has 0 amide bonds. The Kier molecular flexibility index (Phi) is 10.2. The Bertz CT molecular complexity index is 3860. The minimum Gasteiger partial charge on any atom is -0.310 e. The largest absolute Gasteiger partial charge is 0.310 e. The molecule has 0 unspecified atom stereocenters. The monoisotopic (exact) mass is 906 g/mol. The number of fused-ring (bicyclic) bond motifs is 6. The van der Waals surface area contributed by atoms with Crippen molar-refractivity contribution in [3.63, 3.8) is 0 Å². The third kappa shape index (κ3) is 7.44. The van der Waals surface area contributed by atoms with Gasteiger partial charge in [0.15, 0.2) is 0 Å². The number of hydrogen-bond acceptors (Lipinski definition) is 1. The maximum atomic E-state index is 2.44. The van der Waals surface area contributed by atoms with Gasteiger partial charge in [0.1, 0.15) is 0 Å². The fraction of sp³-hybridized carbons (Fsp3) is 0.0435. The van der Waals surface area contributed by atoms with E-state index in [-0.39, 0.29) is 5.41 Å². The Hall–Kier alpha value is -8.98. The van der Waals surface area contributed by atoms with Crippen molar-refractivity contribution in [3.8, 4) is 72.4 Å². The Balaban J connectivity index is 0.868. The molecule has 0 saturated heterocycles. The van der Waals surface area contributed by atoms with Gasteiger partial charge in [0.25, 0.3) is 0 Å². The van der Waals surface area contributed by atoms with Gasteiger partial charge in [-0.1, -0.05) is 202 Å². The van der Waals surface area contributed by atoms with Crippen LogP contribution in [0.3, 0.4) is 0 Å². The Morgan fingerprint density at radius 2 is 0.718 bits per heavy atom. The van der Waals surface area contributed by atoms with Crippen molar-refractivity contribution in [2.75, 3.05) is 4.90 Å². The van der Waals surface area contributed by atoms with E-state index in [9.17, 15) is 0 Å². The maximum absolute atomic E-state index is 2.44. The third-order valence-corrected chi connectivity index (χ3v) is 14.8. The summed E-state index contributed by atoms with van der Waals surface area (Å²) in [5.74, 6) is 0. The van der Waals surface area contributed by atoms with E-state index in [1.165, 1.54) is 99.7 Å². The average molecular weight is 907 g/mol. The van der Waals surface area contributed by atoms with Gasteiger partial charge in [-0.05, 0) is 157 Å². The maximum Gasteiger partial charge on any atom is 0.0541 e. The summed E-state index contributed by atoms with van der Waals surface area (Å²) in [6, 6.07) is 97.8. The zero-order chi connectivity index (χ0) is 47.5. The number of benzene rings is 11. The predicted octanol–water partition coefficient (Wildman–Crippen LogP) is 18.9. The molecular formula is C69H50N2. The second-order valence-corrected chi connectivity index (χ2v) is 19.4. The van der Waals surface area contributed by atoms with Gasteiger partial charge in [-0.3, -0.25) is 0 Å². The van der Waals surface area contributed by atoms with Crippen LogP contribution in [0.5, 0.6) is 0 Å². The Morgan fingerprint density at radius 3 is 1.37 bits per heavy atom. The van der Waals surface area contributed by atoms with Crippen LogP contribution in [0.25, 0.3) is 94.3 Å². The normalized spacial score (nSPS) is 12.5. The Labute approximate surface area is 416 Å². The fourth-order valence-corrected chi connectivity index (χ4v) is 11.2. The molecule has 11 aromatic carbocycles. The summed E-state index contributed by atoms with van der Waals surface area (Å²) in [4.78, 5) is 2.40. The van der Waals surface area contributed by atoms with Crippen molar-refractivity contribution in [2.45, 2.75) is 19.3 Å². The first kappa shape index (κ1) is 42.1. The van der Waals surface area contributed by atoms with Gasteiger partial charge in [0.2, 0.25) is 0 Å². The van der Waals surface area contributed by atoms with Gasteiger partial charge in [-0.2, -0.15) is 0 Å². The molecule has 0 radical (unpaired) electrons.